The Kier molecular flexibility index (Phi) is 3.64. The summed E-state index contributed by atoms with van der Waals surface area (Å²) in [5.41, 5.74) is 2.46. The molecule has 0 bridgehead atoms. The number of methoxy groups -OCH3 is 1. The highest BCUT2D eigenvalue weighted by Gasteiger charge is 2.13. The van der Waals surface area contributed by atoms with Gasteiger partial charge in [-0.3, -0.25) is 4.79 Å². The number of hydrogen-bond donors (Lipinski definition) is 0. The van der Waals surface area contributed by atoms with Crippen molar-refractivity contribution in [3.63, 3.8) is 0 Å². The molecule has 0 aliphatic rings. The fourth-order valence-corrected chi connectivity index (χ4v) is 2.93. The lowest BCUT2D eigenvalue weighted by Gasteiger charge is -2.05. The molecule has 4 heteroatoms. The van der Waals surface area contributed by atoms with Crippen molar-refractivity contribution < 1.29 is 9.53 Å². The van der Waals surface area contributed by atoms with E-state index in [0.717, 1.165) is 21.3 Å². The third-order valence-electron chi connectivity index (χ3n) is 2.51. The van der Waals surface area contributed by atoms with Crippen LogP contribution in [0.5, 0.6) is 5.75 Å². The minimum Gasteiger partial charge on any atom is -0.496 e. The van der Waals surface area contributed by atoms with Gasteiger partial charge in [0, 0.05) is 16.5 Å². The largest absolute Gasteiger partial charge is 0.496 e. The lowest BCUT2D eigenvalue weighted by molar-refractivity contribution is 0.103. The van der Waals surface area contributed by atoms with Gasteiger partial charge in [-0.1, -0.05) is 0 Å². The van der Waals surface area contributed by atoms with E-state index in [-0.39, 0.29) is 5.78 Å². The van der Waals surface area contributed by atoms with E-state index in [1.54, 1.807) is 36.6 Å². The smallest absolute Gasteiger partial charge is 0.194 e. The molecule has 17 heavy (non-hydrogen) atoms. The third kappa shape index (κ3) is 2.42. The minimum absolute atomic E-state index is 0.0482. The van der Waals surface area contributed by atoms with Gasteiger partial charge in [-0.15, -0.1) is 0 Å². The Morgan fingerprint density at radius 1 is 1.35 bits per heavy atom. The van der Waals surface area contributed by atoms with Crippen LogP contribution in [0.4, 0.5) is 0 Å². The fourth-order valence-electron chi connectivity index (χ4n) is 1.56. The van der Waals surface area contributed by atoms with E-state index in [2.05, 4.69) is 15.9 Å². The predicted octanol–water partition coefficient (Wildman–Crippen LogP) is 4.06. The van der Waals surface area contributed by atoms with Gasteiger partial charge in [0.1, 0.15) is 5.75 Å². The molecule has 0 radical (unpaired) electrons. The standard InChI is InChI=1S/C13H11BrO2S/c1-8-6-17-7-10(8)13(15)9-3-4-12(16-2)11(14)5-9/h3-7H,1-2H3. The van der Waals surface area contributed by atoms with E-state index >= 15 is 0 Å². The Labute approximate surface area is 112 Å². The number of ether oxygens (including phenoxy) is 1. The Balaban J connectivity index is 2.39. The monoisotopic (exact) mass is 310 g/mol. The van der Waals surface area contributed by atoms with Gasteiger partial charge in [0.25, 0.3) is 0 Å². The first-order valence-electron chi connectivity index (χ1n) is 5.04. The molecule has 2 nitrogen and oxygen atoms in total. The number of halogens is 1. The Morgan fingerprint density at radius 3 is 2.65 bits per heavy atom. The van der Waals surface area contributed by atoms with Crippen molar-refractivity contribution in [1.29, 1.82) is 0 Å². The molecule has 0 aliphatic carbocycles. The highest BCUT2D eigenvalue weighted by atomic mass is 79.9. The van der Waals surface area contributed by atoms with Crippen LogP contribution in [0, 0.1) is 6.92 Å². The Morgan fingerprint density at radius 2 is 2.12 bits per heavy atom. The second-order valence-electron chi connectivity index (χ2n) is 3.65. The second kappa shape index (κ2) is 5.02. The van der Waals surface area contributed by atoms with Crippen LogP contribution in [0.25, 0.3) is 0 Å². The van der Waals surface area contributed by atoms with Crippen molar-refractivity contribution in [3.05, 3.63) is 50.1 Å². The normalized spacial score (nSPS) is 10.3. The van der Waals surface area contributed by atoms with Gasteiger partial charge in [-0.05, 0) is 52.0 Å². The van der Waals surface area contributed by atoms with E-state index in [0.29, 0.717) is 5.56 Å². The summed E-state index contributed by atoms with van der Waals surface area (Å²) < 4.78 is 5.93. The molecule has 0 N–H and O–H groups in total. The summed E-state index contributed by atoms with van der Waals surface area (Å²) in [5, 5.41) is 3.86. The van der Waals surface area contributed by atoms with Crippen LogP contribution in [-0.4, -0.2) is 12.9 Å². The average Bonchev–Trinajstić information content (AvgIpc) is 2.74. The van der Waals surface area contributed by atoms with E-state index in [1.165, 1.54) is 0 Å². The molecule has 0 aliphatic heterocycles. The molecule has 0 spiro atoms. The van der Waals surface area contributed by atoms with E-state index in [9.17, 15) is 4.79 Å². The van der Waals surface area contributed by atoms with Gasteiger partial charge in [0.05, 0.1) is 11.6 Å². The summed E-state index contributed by atoms with van der Waals surface area (Å²) >= 11 is 4.93. The number of hydrogen-bond acceptors (Lipinski definition) is 3. The van der Waals surface area contributed by atoms with Crippen LogP contribution in [0.3, 0.4) is 0 Å². The SMILES string of the molecule is COc1ccc(C(=O)c2cscc2C)cc1Br. The zero-order valence-electron chi connectivity index (χ0n) is 9.49. The lowest BCUT2D eigenvalue weighted by atomic mass is 10.0. The van der Waals surface area contributed by atoms with Gasteiger partial charge in [0.15, 0.2) is 5.78 Å². The van der Waals surface area contributed by atoms with Crippen molar-refractivity contribution in [2.24, 2.45) is 0 Å². The molecule has 0 amide bonds. The summed E-state index contributed by atoms with van der Waals surface area (Å²) in [7, 11) is 1.60. The number of carbonyl (C=O) groups is 1. The molecular weight excluding hydrogens is 300 g/mol. The maximum atomic E-state index is 12.2. The quantitative estimate of drug-likeness (QED) is 0.799. The Bertz CT molecular complexity index is 560. The maximum absolute atomic E-state index is 12.2. The molecule has 88 valence electrons. The summed E-state index contributed by atoms with van der Waals surface area (Å²) in [6.07, 6.45) is 0. The van der Waals surface area contributed by atoms with E-state index in [4.69, 9.17) is 4.74 Å². The minimum atomic E-state index is 0.0482. The molecule has 1 aromatic heterocycles. The van der Waals surface area contributed by atoms with E-state index < -0.39 is 0 Å². The molecular formula is C13H11BrO2S. The number of aryl methyl sites for hydroxylation is 1. The van der Waals surface area contributed by atoms with Crippen molar-refractivity contribution in [2.75, 3.05) is 7.11 Å². The first kappa shape index (κ1) is 12.3. The van der Waals surface area contributed by atoms with Crippen molar-refractivity contribution in [1.82, 2.24) is 0 Å². The van der Waals surface area contributed by atoms with Crippen LogP contribution in [0.2, 0.25) is 0 Å². The van der Waals surface area contributed by atoms with E-state index in [1.807, 2.05) is 17.7 Å². The number of ketones is 1. The number of carbonyl (C=O) groups excluding carboxylic acids is 1. The number of benzene rings is 1. The van der Waals surface area contributed by atoms with Crippen molar-refractivity contribution in [3.8, 4) is 5.75 Å². The van der Waals surface area contributed by atoms with Crippen molar-refractivity contribution in [2.45, 2.75) is 6.92 Å². The molecule has 2 rings (SSSR count). The average molecular weight is 311 g/mol. The lowest BCUT2D eigenvalue weighted by Crippen LogP contribution is -2.01. The zero-order chi connectivity index (χ0) is 12.4. The first-order valence-corrected chi connectivity index (χ1v) is 6.78. The summed E-state index contributed by atoms with van der Waals surface area (Å²) in [6.45, 7) is 1.95. The zero-order valence-corrected chi connectivity index (χ0v) is 11.9. The van der Waals surface area contributed by atoms with Crippen LogP contribution >= 0.6 is 27.3 Å². The van der Waals surface area contributed by atoms with Crippen LogP contribution in [0.15, 0.2) is 33.4 Å². The topological polar surface area (TPSA) is 26.3 Å². The van der Waals surface area contributed by atoms with Crippen LogP contribution in [-0.2, 0) is 0 Å². The third-order valence-corrected chi connectivity index (χ3v) is 4.00. The summed E-state index contributed by atoms with van der Waals surface area (Å²) in [6, 6.07) is 5.36. The van der Waals surface area contributed by atoms with Gasteiger partial charge < -0.3 is 4.74 Å². The Hall–Kier alpha value is -1.13. The highest BCUT2D eigenvalue weighted by molar-refractivity contribution is 9.10. The van der Waals surface area contributed by atoms with Crippen LogP contribution < -0.4 is 4.74 Å². The van der Waals surface area contributed by atoms with Gasteiger partial charge in [0.2, 0.25) is 0 Å². The fraction of sp³-hybridized carbons (Fsp3) is 0.154. The summed E-state index contributed by atoms with van der Waals surface area (Å²) in [5.74, 6) is 0.774. The molecule has 1 heterocycles. The van der Waals surface area contributed by atoms with Crippen LogP contribution in [0.1, 0.15) is 21.5 Å². The van der Waals surface area contributed by atoms with Gasteiger partial charge in [-0.2, -0.15) is 11.3 Å². The first-order chi connectivity index (χ1) is 8.13. The molecule has 0 saturated carbocycles. The molecule has 0 unspecified atom stereocenters. The molecule has 0 atom stereocenters. The summed E-state index contributed by atoms with van der Waals surface area (Å²) in [4.78, 5) is 12.2. The maximum Gasteiger partial charge on any atom is 0.194 e. The predicted molar refractivity (Wildman–Crippen MR) is 73.2 cm³/mol. The highest BCUT2D eigenvalue weighted by Crippen LogP contribution is 2.27. The number of rotatable bonds is 3. The molecule has 2 aromatic rings. The molecule has 1 aromatic carbocycles. The van der Waals surface area contributed by atoms with Gasteiger partial charge >= 0.3 is 0 Å². The van der Waals surface area contributed by atoms with Crippen molar-refractivity contribution >= 4 is 33.0 Å². The van der Waals surface area contributed by atoms with Gasteiger partial charge in [-0.25, -0.2) is 0 Å². The number of thiophene rings is 1. The second-order valence-corrected chi connectivity index (χ2v) is 5.24. The molecule has 0 saturated heterocycles. The molecule has 0 fully saturated rings.